The van der Waals surface area contributed by atoms with Crippen molar-refractivity contribution < 1.29 is 19.2 Å². The summed E-state index contributed by atoms with van der Waals surface area (Å²) < 4.78 is 5.23. The van der Waals surface area contributed by atoms with Crippen molar-refractivity contribution in [3.63, 3.8) is 0 Å². The smallest absolute Gasteiger partial charge is 0.282 e. The first-order valence-corrected chi connectivity index (χ1v) is 8.20. The number of rotatable bonds is 5. The summed E-state index contributed by atoms with van der Waals surface area (Å²) in [6, 6.07) is 15.2. The standard InChI is InChI=1S/C19H21N3O3/c1-21(11-14-6-5-7-15(10-14)25-2)13-19(24)22-12-18(23)20-16-8-3-4-9-17(16)22/h3-10H,11-13H2,1-2H3,(H,20,23)/p+1. The number of likely N-dealkylation sites (N-methyl/N-ethyl adjacent to an activating group) is 1. The summed E-state index contributed by atoms with van der Waals surface area (Å²) in [5.74, 6) is 0.568. The Morgan fingerprint density at radius 3 is 2.84 bits per heavy atom. The van der Waals surface area contributed by atoms with E-state index < -0.39 is 0 Å². The molecular weight excluding hydrogens is 318 g/mol. The minimum atomic E-state index is -0.169. The van der Waals surface area contributed by atoms with E-state index in [1.54, 1.807) is 18.1 Å². The topological polar surface area (TPSA) is 63.1 Å². The number of nitrogens with one attached hydrogen (secondary N) is 2. The summed E-state index contributed by atoms with van der Waals surface area (Å²) in [7, 11) is 3.60. The molecule has 0 aromatic heterocycles. The molecule has 2 N–H and O–H groups in total. The molecule has 25 heavy (non-hydrogen) atoms. The average molecular weight is 340 g/mol. The molecule has 1 atom stereocenters. The van der Waals surface area contributed by atoms with Gasteiger partial charge in [0, 0.05) is 5.56 Å². The van der Waals surface area contributed by atoms with Gasteiger partial charge in [-0.2, -0.15) is 0 Å². The molecule has 1 unspecified atom stereocenters. The molecule has 2 aromatic rings. The van der Waals surface area contributed by atoms with Crippen LogP contribution in [0.3, 0.4) is 0 Å². The Morgan fingerprint density at radius 1 is 1.24 bits per heavy atom. The van der Waals surface area contributed by atoms with Crippen molar-refractivity contribution in [1.82, 2.24) is 0 Å². The molecule has 3 rings (SSSR count). The van der Waals surface area contributed by atoms with Crippen LogP contribution in [0.4, 0.5) is 11.4 Å². The number of hydrogen-bond acceptors (Lipinski definition) is 3. The number of para-hydroxylation sites is 2. The Balaban J connectivity index is 1.68. The minimum Gasteiger partial charge on any atom is -0.497 e. The molecule has 2 aromatic carbocycles. The quantitative estimate of drug-likeness (QED) is 0.842. The molecule has 0 bridgehead atoms. The first kappa shape index (κ1) is 17.0. The van der Waals surface area contributed by atoms with Gasteiger partial charge >= 0.3 is 0 Å². The summed E-state index contributed by atoms with van der Waals surface area (Å²) in [6.07, 6.45) is 0. The number of amides is 2. The van der Waals surface area contributed by atoms with Crippen LogP contribution in [0.25, 0.3) is 0 Å². The van der Waals surface area contributed by atoms with Crippen LogP contribution < -0.4 is 19.9 Å². The van der Waals surface area contributed by atoms with Gasteiger partial charge in [-0.3, -0.25) is 14.5 Å². The summed E-state index contributed by atoms with van der Waals surface area (Å²) in [5.41, 5.74) is 2.53. The number of methoxy groups -OCH3 is 1. The second-order valence-corrected chi connectivity index (χ2v) is 6.21. The predicted molar refractivity (Wildman–Crippen MR) is 95.9 cm³/mol. The number of carbonyl (C=O) groups excluding carboxylic acids is 2. The molecular formula is C19H22N3O3+. The molecule has 6 nitrogen and oxygen atoms in total. The van der Waals surface area contributed by atoms with Gasteiger partial charge in [-0.25, -0.2) is 0 Å². The van der Waals surface area contributed by atoms with Crippen molar-refractivity contribution in [2.45, 2.75) is 6.54 Å². The van der Waals surface area contributed by atoms with Crippen molar-refractivity contribution in [2.24, 2.45) is 0 Å². The minimum absolute atomic E-state index is 0.0578. The van der Waals surface area contributed by atoms with Crippen LogP contribution in [0.2, 0.25) is 0 Å². The van der Waals surface area contributed by atoms with Crippen LogP contribution in [0.5, 0.6) is 5.75 Å². The molecule has 1 aliphatic rings. The number of fused-ring (bicyclic) bond motifs is 1. The van der Waals surface area contributed by atoms with Gasteiger partial charge in [0.05, 0.1) is 25.5 Å². The normalized spacial score (nSPS) is 14.5. The molecule has 0 spiro atoms. The van der Waals surface area contributed by atoms with Gasteiger partial charge in [-0.1, -0.05) is 24.3 Å². The second kappa shape index (κ2) is 7.36. The van der Waals surface area contributed by atoms with Crippen molar-refractivity contribution in [3.05, 3.63) is 54.1 Å². The van der Waals surface area contributed by atoms with E-state index in [4.69, 9.17) is 4.74 Å². The van der Waals surface area contributed by atoms with Crippen LogP contribution in [0.15, 0.2) is 48.5 Å². The maximum atomic E-state index is 12.7. The Kier molecular flexibility index (Phi) is 5.00. The molecule has 1 aliphatic heterocycles. The summed E-state index contributed by atoms with van der Waals surface area (Å²) >= 11 is 0. The highest BCUT2D eigenvalue weighted by Gasteiger charge is 2.28. The van der Waals surface area contributed by atoms with E-state index in [0.29, 0.717) is 18.8 Å². The highest BCUT2D eigenvalue weighted by Crippen LogP contribution is 2.28. The van der Waals surface area contributed by atoms with Gasteiger partial charge in [0.2, 0.25) is 5.91 Å². The summed E-state index contributed by atoms with van der Waals surface area (Å²) in [6.45, 7) is 1.06. The molecule has 130 valence electrons. The van der Waals surface area contributed by atoms with Gasteiger partial charge in [0.25, 0.3) is 5.91 Å². The molecule has 0 radical (unpaired) electrons. The van der Waals surface area contributed by atoms with Gasteiger partial charge in [0.1, 0.15) is 18.8 Å². The van der Waals surface area contributed by atoms with Crippen molar-refractivity contribution in [1.29, 1.82) is 0 Å². The van der Waals surface area contributed by atoms with E-state index in [2.05, 4.69) is 5.32 Å². The SMILES string of the molecule is COc1cccc(C[NH+](C)CC(=O)N2CC(=O)Nc3ccccc32)c1. The predicted octanol–water partition coefficient (Wildman–Crippen LogP) is 0.695. The van der Waals surface area contributed by atoms with E-state index in [9.17, 15) is 9.59 Å². The molecule has 6 heteroatoms. The summed E-state index contributed by atoms with van der Waals surface area (Å²) in [5, 5.41) is 2.80. The third-order valence-corrected chi connectivity index (χ3v) is 4.16. The Labute approximate surface area is 147 Å². The zero-order valence-electron chi connectivity index (χ0n) is 14.4. The average Bonchev–Trinajstić information content (AvgIpc) is 2.60. The second-order valence-electron chi connectivity index (χ2n) is 6.21. The number of quaternary nitrogens is 1. The van der Waals surface area contributed by atoms with Crippen LogP contribution >= 0.6 is 0 Å². The van der Waals surface area contributed by atoms with Gasteiger partial charge in [0.15, 0.2) is 6.54 Å². The van der Waals surface area contributed by atoms with Crippen LogP contribution in [-0.2, 0) is 16.1 Å². The molecule has 0 saturated carbocycles. The van der Waals surface area contributed by atoms with Crippen molar-refractivity contribution in [2.75, 3.05) is 37.5 Å². The zero-order chi connectivity index (χ0) is 17.8. The van der Waals surface area contributed by atoms with Gasteiger partial charge in [-0.05, 0) is 24.3 Å². The highest BCUT2D eigenvalue weighted by atomic mass is 16.5. The van der Waals surface area contributed by atoms with E-state index >= 15 is 0 Å². The molecule has 2 amide bonds. The van der Waals surface area contributed by atoms with Crippen LogP contribution in [0, 0.1) is 0 Å². The van der Waals surface area contributed by atoms with Gasteiger partial charge in [-0.15, -0.1) is 0 Å². The van der Waals surface area contributed by atoms with Gasteiger partial charge < -0.3 is 15.0 Å². The third kappa shape index (κ3) is 3.97. The lowest BCUT2D eigenvalue weighted by Gasteiger charge is -2.29. The Morgan fingerprint density at radius 2 is 2.04 bits per heavy atom. The number of ether oxygens (including phenoxy) is 1. The lowest BCUT2D eigenvalue weighted by Crippen LogP contribution is -3.09. The van der Waals surface area contributed by atoms with E-state index in [-0.39, 0.29) is 18.4 Å². The maximum Gasteiger partial charge on any atom is 0.282 e. The lowest BCUT2D eigenvalue weighted by molar-refractivity contribution is -0.885. The fourth-order valence-electron chi connectivity index (χ4n) is 3.00. The number of benzene rings is 2. The number of hydrogen-bond donors (Lipinski definition) is 2. The fourth-order valence-corrected chi connectivity index (χ4v) is 3.00. The largest absolute Gasteiger partial charge is 0.497 e. The molecule has 0 fully saturated rings. The first-order valence-electron chi connectivity index (χ1n) is 8.20. The van der Waals surface area contributed by atoms with Crippen molar-refractivity contribution in [3.8, 4) is 5.75 Å². The monoisotopic (exact) mass is 340 g/mol. The Bertz CT molecular complexity index is 791. The van der Waals surface area contributed by atoms with Crippen LogP contribution in [-0.4, -0.2) is 39.1 Å². The third-order valence-electron chi connectivity index (χ3n) is 4.16. The zero-order valence-corrected chi connectivity index (χ0v) is 14.4. The van der Waals surface area contributed by atoms with E-state index in [0.717, 1.165) is 21.9 Å². The van der Waals surface area contributed by atoms with E-state index in [1.807, 2.05) is 49.5 Å². The number of carbonyl (C=O) groups is 2. The highest BCUT2D eigenvalue weighted by molar-refractivity contribution is 6.10. The lowest BCUT2D eigenvalue weighted by atomic mass is 10.2. The fraction of sp³-hybridized carbons (Fsp3) is 0.263. The number of nitrogens with zero attached hydrogens (tertiary/aromatic N) is 1. The maximum absolute atomic E-state index is 12.7. The molecule has 0 aliphatic carbocycles. The number of anilines is 2. The Hall–Kier alpha value is -2.86. The molecule has 1 heterocycles. The molecule has 0 saturated heterocycles. The summed E-state index contributed by atoms with van der Waals surface area (Å²) in [4.78, 5) is 27.2. The van der Waals surface area contributed by atoms with Crippen LogP contribution in [0.1, 0.15) is 5.56 Å². The van der Waals surface area contributed by atoms with E-state index in [1.165, 1.54) is 0 Å². The van der Waals surface area contributed by atoms with Crippen molar-refractivity contribution >= 4 is 23.2 Å². The first-order chi connectivity index (χ1) is 12.1.